The van der Waals surface area contributed by atoms with E-state index in [1.807, 2.05) is 19.1 Å². The van der Waals surface area contributed by atoms with Gasteiger partial charge in [0.1, 0.15) is 11.8 Å². The Hall–Kier alpha value is -3.18. The van der Waals surface area contributed by atoms with Gasteiger partial charge in [-0.1, -0.05) is 35.9 Å². The fourth-order valence-electron chi connectivity index (χ4n) is 3.28. The Morgan fingerprint density at radius 1 is 1.11 bits per heavy atom. The minimum Gasteiger partial charge on any atom is -0.467 e. The summed E-state index contributed by atoms with van der Waals surface area (Å²) < 4.78 is 5.37. The molecule has 2 aromatic carbocycles. The molecule has 28 heavy (non-hydrogen) atoms. The van der Waals surface area contributed by atoms with Crippen molar-refractivity contribution < 1.29 is 14.0 Å². The van der Waals surface area contributed by atoms with Gasteiger partial charge in [0, 0.05) is 16.8 Å². The summed E-state index contributed by atoms with van der Waals surface area (Å²) in [6.07, 6.45) is 3.18. The summed E-state index contributed by atoms with van der Waals surface area (Å²) in [7, 11) is 0. The van der Waals surface area contributed by atoms with Gasteiger partial charge in [0.2, 0.25) is 5.91 Å². The van der Waals surface area contributed by atoms with Gasteiger partial charge in [-0.2, -0.15) is 0 Å². The molecule has 1 aromatic heterocycles. The van der Waals surface area contributed by atoms with E-state index in [1.165, 1.54) is 4.90 Å². The van der Waals surface area contributed by atoms with Gasteiger partial charge in [0.05, 0.1) is 17.9 Å². The number of aliphatic imine (C=N–C) groups is 1. The Balaban J connectivity index is 1.75. The van der Waals surface area contributed by atoms with E-state index in [4.69, 9.17) is 16.0 Å². The van der Waals surface area contributed by atoms with Gasteiger partial charge in [-0.15, -0.1) is 0 Å². The molecular weight excluding hydrogens is 376 g/mol. The zero-order valence-corrected chi connectivity index (χ0v) is 15.8. The molecule has 0 aliphatic carbocycles. The van der Waals surface area contributed by atoms with Crippen molar-refractivity contribution in [2.24, 2.45) is 4.99 Å². The van der Waals surface area contributed by atoms with Crippen LogP contribution in [0.3, 0.4) is 0 Å². The highest BCUT2D eigenvalue weighted by Gasteiger charge is 2.38. The summed E-state index contributed by atoms with van der Waals surface area (Å²) in [5.41, 5.74) is 1.56. The zero-order chi connectivity index (χ0) is 19.7. The average Bonchev–Trinajstić information content (AvgIpc) is 3.23. The van der Waals surface area contributed by atoms with Crippen molar-refractivity contribution >= 4 is 35.3 Å². The third kappa shape index (κ3) is 3.25. The second kappa shape index (κ2) is 7.44. The highest BCUT2D eigenvalue weighted by atomic mass is 35.5. The van der Waals surface area contributed by atoms with Gasteiger partial charge in [-0.05, 0) is 48.9 Å². The first-order valence-electron chi connectivity index (χ1n) is 8.86. The highest BCUT2D eigenvalue weighted by molar-refractivity contribution is 6.32. The Morgan fingerprint density at radius 2 is 1.93 bits per heavy atom. The van der Waals surface area contributed by atoms with Crippen molar-refractivity contribution in [2.75, 3.05) is 4.90 Å². The summed E-state index contributed by atoms with van der Waals surface area (Å²) in [6, 6.07) is 17.2. The molecule has 2 heterocycles. The van der Waals surface area contributed by atoms with Gasteiger partial charge in [0.25, 0.3) is 5.91 Å². The molecule has 6 heteroatoms. The van der Waals surface area contributed by atoms with Crippen molar-refractivity contribution in [3.63, 3.8) is 0 Å². The predicted molar refractivity (Wildman–Crippen MR) is 108 cm³/mol. The standard InChI is InChI=1S/C22H17ClN2O3/c1-14(20-10-5-11-28-20)24-13-19-17-8-2-3-9-18(17)21(26)25(22(19)27)16-7-4-6-15(23)12-16/h2-14,19H,1H3/t14-,19?/m1/s1. The molecule has 1 unspecified atom stereocenters. The Morgan fingerprint density at radius 3 is 2.68 bits per heavy atom. The first-order valence-corrected chi connectivity index (χ1v) is 9.23. The van der Waals surface area contributed by atoms with Crippen LogP contribution in [0.4, 0.5) is 5.69 Å². The summed E-state index contributed by atoms with van der Waals surface area (Å²) in [5.74, 6) is -0.700. The molecule has 0 saturated carbocycles. The number of nitrogens with zero attached hydrogens (tertiary/aromatic N) is 2. The van der Waals surface area contributed by atoms with Crippen LogP contribution >= 0.6 is 11.6 Å². The van der Waals surface area contributed by atoms with Gasteiger partial charge in [-0.3, -0.25) is 14.6 Å². The fraction of sp³-hybridized carbons (Fsp3) is 0.136. The van der Waals surface area contributed by atoms with Crippen LogP contribution in [0.1, 0.15) is 40.6 Å². The van der Waals surface area contributed by atoms with E-state index in [1.54, 1.807) is 61.0 Å². The summed E-state index contributed by atoms with van der Waals surface area (Å²) >= 11 is 6.07. The molecule has 0 bridgehead atoms. The average molecular weight is 393 g/mol. The van der Waals surface area contributed by atoms with E-state index in [9.17, 15) is 9.59 Å². The topological polar surface area (TPSA) is 62.9 Å². The van der Waals surface area contributed by atoms with Crippen LogP contribution in [-0.2, 0) is 4.79 Å². The van der Waals surface area contributed by atoms with E-state index < -0.39 is 5.92 Å². The van der Waals surface area contributed by atoms with Crippen LogP contribution in [0.2, 0.25) is 5.02 Å². The first-order chi connectivity index (χ1) is 13.6. The summed E-state index contributed by atoms with van der Waals surface area (Å²) in [5, 5.41) is 0.452. The lowest BCUT2D eigenvalue weighted by molar-refractivity contribution is -0.118. The molecule has 3 aromatic rings. The maximum Gasteiger partial charge on any atom is 0.265 e. The first kappa shape index (κ1) is 18.2. The SMILES string of the molecule is C[C@@H](N=CC1C(=O)N(c2cccc(Cl)c2)C(=O)c2ccccc21)c1ccco1. The quantitative estimate of drug-likeness (QED) is 0.461. The molecule has 5 nitrogen and oxygen atoms in total. The van der Waals surface area contributed by atoms with Crippen LogP contribution in [0, 0.1) is 0 Å². The highest BCUT2D eigenvalue weighted by Crippen LogP contribution is 2.33. The van der Waals surface area contributed by atoms with Gasteiger partial charge in [0.15, 0.2) is 0 Å². The lowest BCUT2D eigenvalue weighted by Gasteiger charge is -2.31. The van der Waals surface area contributed by atoms with E-state index in [0.29, 0.717) is 27.6 Å². The third-order valence-electron chi connectivity index (χ3n) is 4.70. The number of imide groups is 1. The number of halogens is 1. The Labute approximate surface area is 167 Å². The summed E-state index contributed by atoms with van der Waals surface area (Å²) in [4.78, 5) is 31.9. The molecule has 0 spiro atoms. The maximum absolute atomic E-state index is 13.3. The molecule has 0 N–H and O–H groups in total. The van der Waals surface area contributed by atoms with Crippen molar-refractivity contribution in [1.29, 1.82) is 0 Å². The lowest BCUT2D eigenvalue weighted by Crippen LogP contribution is -2.45. The molecule has 0 radical (unpaired) electrons. The van der Waals surface area contributed by atoms with E-state index in [2.05, 4.69) is 4.99 Å². The molecule has 1 aliphatic heterocycles. The molecule has 0 saturated heterocycles. The van der Waals surface area contributed by atoms with Crippen LogP contribution < -0.4 is 4.90 Å². The number of fused-ring (bicyclic) bond motifs is 1. The van der Waals surface area contributed by atoms with Crippen molar-refractivity contribution in [2.45, 2.75) is 18.9 Å². The number of hydrogen-bond donors (Lipinski definition) is 0. The number of anilines is 1. The lowest BCUT2D eigenvalue weighted by atomic mass is 9.89. The largest absolute Gasteiger partial charge is 0.467 e. The fourth-order valence-corrected chi connectivity index (χ4v) is 3.46. The molecule has 0 fully saturated rings. The molecule has 2 amide bonds. The monoisotopic (exact) mass is 392 g/mol. The number of carbonyl (C=O) groups is 2. The van der Waals surface area contributed by atoms with E-state index >= 15 is 0 Å². The summed E-state index contributed by atoms with van der Waals surface area (Å²) in [6.45, 7) is 1.88. The van der Waals surface area contributed by atoms with Crippen LogP contribution in [0.25, 0.3) is 0 Å². The number of rotatable bonds is 4. The second-order valence-corrected chi connectivity index (χ2v) is 6.95. The number of hydrogen-bond acceptors (Lipinski definition) is 4. The number of carbonyl (C=O) groups excluding carboxylic acids is 2. The predicted octanol–water partition coefficient (Wildman–Crippen LogP) is 5.04. The number of amides is 2. The minimum absolute atomic E-state index is 0.243. The molecule has 4 rings (SSSR count). The van der Waals surface area contributed by atoms with Crippen LogP contribution in [0.5, 0.6) is 0 Å². The number of furan rings is 1. The molecule has 1 aliphatic rings. The van der Waals surface area contributed by atoms with Gasteiger partial charge >= 0.3 is 0 Å². The second-order valence-electron chi connectivity index (χ2n) is 6.51. The van der Waals surface area contributed by atoms with Crippen molar-refractivity contribution in [1.82, 2.24) is 0 Å². The van der Waals surface area contributed by atoms with E-state index in [0.717, 1.165) is 0 Å². The van der Waals surface area contributed by atoms with Crippen LogP contribution in [-0.4, -0.2) is 18.0 Å². The maximum atomic E-state index is 13.3. The Kier molecular flexibility index (Phi) is 4.84. The smallest absolute Gasteiger partial charge is 0.265 e. The third-order valence-corrected chi connectivity index (χ3v) is 4.93. The molecule has 140 valence electrons. The van der Waals surface area contributed by atoms with E-state index in [-0.39, 0.29) is 17.9 Å². The number of benzene rings is 2. The minimum atomic E-state index is -0.676. The molecule has 2 atom stereocenters. The van der Waals surface area contributed by atoms with Crippen molar-refractivity contribution in [3.05, 3.63) is 88.8 Å². The zero-order valence-electron chi connectivity index (χ0n) is 15.1. The van der Waals surface area contributed by atoms with Gasteiger partial charge in [-0.25, -0.2) is 4.90 Å². The Bertz CT molecular complexity index is 1060. The van der Waals surface area contributed by atoms with Gasteiger partial charge < -0.3 is 4.42 Å². The van der Waals surface area contributed by atoms with Crippen LogP contribution in [0.15, 0.2) is 76.3 Å². The molecular formula is C22H17ClN2O3. The van der Waals surface area contributed by atoms with Crippen molar-refractivity contribution in [3.8, 4) is 0 Å². The normalized spacial score (nSPS) is 17.8.